The van der Waals surface area contributed by atoms with Gasteiger partial charge in [-0.1, -0.05) is 54.6 Å². The van der Waals surface area contributed by atoms with Crippen LogP contribution in [0, 0.1) is 0 Å². The van der Waals surface area contributed by atoms with Crippen molar-refractivity contribution in [1.82, 2.24) is 5.32 Å². The Kier molecular flexibility index (Phi) is 4.90. The third kappa shape index (κ3) is 3.55. The number of para-hydroxylation sites is 3. The van der Waals surface area contributed by atoms with Crippen LogP contribution >= 0.6 is 0 Å². The van der Waals surface area contributed by atoms with Gasteiger partial charge in [0.2, 0.25) is 15.9 Å². The smallest absolute Gasteiger partial charge is 0.236 e. The molecule has 0 aromatic heterocycles. The van der Waals surface area contributed by atoms with Gasteiger partial charge in [-0.15, -0.1) is 0 Å². The van der Waals surface area contributed by atoms with Crippen LogP contribution in [-0.4, -0.2) is 33.2 Å². The van der Waals surface area contributed by atoms with E-state index >= 15 is 0 Å². The standard InChI is InChI=1S/C24H22N2O4S/c27-24(23-18-8-2-5-11-21(18)30-22-12-6-3-9-19(22)23)25-14-16-31(28,29)26-15-13-17-7-1-4-10-20(17)26/h1-12,23H,13-16H2,(H,25,27). The van der Waals surface area contributed by atoms with Crippen molar-refractivity contribution in [3.63, 3.8) is 0 Å². The highest BCUT2D eigenvalue weighted by Crippen LogP contribution is 2.43. The molecule has 158 valence electrons. The van der Waals surface area contributed by atoms with Gasteiger partial charge in [0.05, 0.1) is 17.4 Å². The van der Waals surface area contributed by atoms with Gasteiger partial charge >= 0.3 is 0 Å². The Morgan fingerprint density at radius 2 is 1.55 bits per heavy atom. The number of amides is 1. The van der Waals surface area contributed by atoms with E-state index in [2.05, 4.69) is 5.32 Å². The average Bonchev–Trinajstić information content (AvgIpc) is 3.22. The molecule has 7 heteroatoms. The minimum atomic E-state index is -3.53. The van der Waals surface area contributed by atoms with Gasteiger partial charge in [-0.25, -0.2) is 8.42 Å². The number of nitrogens with one attached hydrogen (secondary N) is 1. The zero-order valence-electron chi connectivity index (χ0n) is 16.8. The van der Waals surface area contributed by atoms with Crippen molar-refractivity contribution >= 4 is 21.6 Å². The lowest BCUT2D eigenvalue weighted by Crippen LogP contribution is -2.39. The summed E-state index contributed by atoms with van der Waals surface area (Å²) in [5, 5.41) is 2.84. The van der Waals surface area contributed by atoms with E-state index in [1.807, 2.05) is 72.8 Å². The lowest BCUT2D eigenvalue weighted by molar-refractivity contribution is -0.121. The monoisotopic (exact) mass is 434 g/mol. The molecule has 0 saturated carbocycles. The number of carbonyl (C=O) groups is 1. The van der Waals surface area contributed by atoms with E-state index in [-0.39, 0.29) is 18.2 Å². The molecule has 2 aliphatic rings. The Morgan fingerprint density at radius 1 is 0.935 bits per heavy atom. The Morgan fingerprint density at radius 3 is 2.26 bits per heavy atom. The molecule has 0 radical (unpaired) electrons. The number of sulfonamides is 1. The number of hydrogen-bond donors (Lipinski definition) is 1. The molecule has 0 atom stereocenters. The van der Waals surface area contributed by atoms with Crippen molar-refractivity contribution in [3.05, 3.63) is 89.5 Å². The second-order valence-corrected chi connectivity index (χ2v) is 9.68. The minimum Gasteiger partial charge on any atom is -0.457 e. The summed E-state index contributed by atoms with van der Waals surface area (Å²) in [6.45, 7) is 0.484. The lowest BCUT2D eigenvalue weighted by Gasteiger charge is -2.27. The van der Waals surface area contributed by atoms with Crippen molar-refractivity contribution in [2.75, 3.05) is 23.1 Å². The summed E-state index contributed by atoms with van der Waals surface area (Å²) in [4.78, 5) is 13.2. The molecule has 0 unspecified atom stereocenters. The minimum absolute atomic E-state index is 0.0432. The van der Waals surface area contributed by atoms with Gasteiger partial charge in [-0.3, -0.25) is 9.10 Å². The van der Waals surface area contributed by atoms with Crippen LogP contribution in [0.2, 0.25) is 0 Å². The molecular formula is C24H22N2O4S. The first-order chi connectivity index (χ1) is 15.0. The van der Waals surface area contributed by atoms with Crippen molar-refractivity contribution < 1.29 is 17.9 Å². The van der Waals surface area contributed by atoms with E-state index in [0.29, 0.717) is 24.5 Å². The molecule has 5 rings (SSSR count). The largest absolute Gasteiger partial charge is 0.457 e. The predicted octanol–water partition coefficient (Wildman–Crippen LogP) is 3.43. The van der Waals surface area contributed by atoms with Crippen LogP contribution in [0.15, 0.2) is 72.8 Å². The van der Waals surface area contributed by atoms with Crippen LogP contribution in [0.4, 0.5) is 5.69 Å². The highest BCUT2D eigenvalue weighted by atomic mass is 32.2. The number of ether oxygens (including phenoxy) is 1. The van der Waals surface area contributed by atoms with Crippen LogP contribution < -0.4 is 14.4 Å². The molecule has 2 aliphatic heterocycles. The van der Waals surface area contributed by atoms with Crippen LogP contribution in [-0.2, 0) is 21.2 Å². The van der Waals surface area contributed by atoms with E-state index in [4.69, 9.17) is 4.74 Å². The van der Waals surface area contributed by atoms with E-state index in [9.17, 15) is 13.2 Å². The number of fused-ring (bicyclic) bond motifs is 3. The molecule has 0 saturated heterocycles. The van der Waals surface area contributed by atoms with Gasteiger partial charge in [0, 0.05) is 24.2 Å². The molecule has 6 nitrogen and oxygen atoms in total. The number of benzene rings is 3. The molecule has 3 aromatic rings. The van der Waals surface area contributed by atoms with E-state index in [0.717, 1.165) is 22.4 Å². The maximum atomic E-state index is 13.2. The summed E-state index contributed by atoms with van der Waals surface area (Å²) in [6.07, 6.45) is 0.706. The van der Waals surface area contributed by atoms with Crippen molar-refractivity contribution in [2.45, 2.75) is 12.3 Å². The summed E-state index contributed by atoms with van der Waals surface area (Å²) < 4.78 is 33.2. The Balaban J connectivity index is 1.32. The maximum Gasteiger partial charge on any atom is 0.236 e. The van der Waals surface area contributed by atoms with Gasteiger partial charge in [-0.05, 0) is 30.2 Å². The summed E-state index contributed by atoms with van der Waals surface area (Å²) in [5.41, 5.74) is 3.32. The first kappa shape index (κ1) is 19.6. The predicted molar refractivity (Wildman–Crippen MR) is 119 cm³/mol. The Labute approximate surface area is 181 Å². The molecule has 0 aliphatic carbocycles. The van der Waals surface area contributed by atoms with Crippen molar-refractivity contribution in [1.29, 1.82) is 0 Å². The van der Waals surface area contributed by atoms with Gasteiger partial charge in [0.25, 0.3) is 0 Å². The number of rotatable bonds is 5. The highest BCUT2D eigenvalue weighted by molar-refractivity contribution is 7.92. The van der Waals surface area contributed by atoms with Crippen molar-refractivity contribution in [3.8, 4) is 11.5 Å². The molecule has 1 amide bonds. The quantitative estimate of drug-likeness (QED) is 0.668. The van der Waals surface area contributed by atoms with Gasteiger partial charge < -0.3 is 10.1 Å². The molecule has 1 N–H and O–H groups in total. The normalized spacial score (nSPS) is 14.9. The fraction of sp³-hybridized carbons (Fsp3) is 0.208. The zero-order chi connectivity index (χ0) is 21.4. The molecular weight excluding hydrogens is 412 g/mol. The van der Waals surface area contributed by atoms with E-state index in [1.54, 1.807) is 0 Å². The summed E-state index contributed by atoms with van der Waals surface area (Å²) >= 11 is 0. The van der Waals surface area contributed by atoms with Crippen LogP contribution in [0.1, 0.15) is 22.6 Å². The SMILES string of the molecule is O=C(NCCS(=O)(=O)N1CCc2ccccc21)C1c2ccccc2Oc2ccccc21. The maximum absolute atomic E-state index is 13.2. The molecule has 0 bridgehead atoms. The zero-order valence-corrected chi connectivity index (χ0v) is 17.6. The molecule has 0 fully saturated rings. The second kappa shape index (κ2) is 7.74. The third-order valence-electron chi connectivity index (χ3n) is 5.78. The molecule has 31 heavy (non-hydrogen) atoms. The van der Waals surface area contributed by atoms with Crippen molar-refractivity contribution in [2.24, 2.45) is 0 Å². The number of nitrogens with zero attached hydrogens (tertiary/aromatic N) is 1. The Bertz CT molecular complexity index is 1210. The number of hydrogen-bond acceptors (Lipinski definition) is 4. The van der Waals surface area contributed by atoms with Gasteiger partial charge in [0.15, 0.2) is 0 Å². The third-order valence-corrected chi connectivity index (χ3v) is 7.55. The first-order valence-corrected chi connectivity index (χ1v) is 11.9. The van der Waals surface area contributed by atoms with E-state index in [1.165, 1.54) is 4.31 Å². The van der Waals surface area contributed by atoms with Crippen LogP contribution in [0.25, 0.3) is 0 Å². The Hall–Kier alpha value is -3.32. The lowest BCUT2D eigenvalue weighted by atomic mass is 9.87. The summed E-state index contributed by atoms with van der Waals surface area (Å²) in [7, 11) is -3.53. The number of carbonyl (C=O) groups excluding carboxylic acids is 1. The van der Waals surface area contributed by atoms with Gasteiger partial charge in [-0.2, -0.15) is 0 Å². The highest BCUT2D eigenvalue weighted by Gasteiger charge is 2.33. The average molecular weight is 435 g/mol. The number of anilines is 1. The second-order valence-electron chi connectivity index (χ2n) is 7.67. The fourth-order valence-corrected chi connectivity index (χ4v) is 5.73. The topological polar surface area (TPSA) is 75.7 Å². The summed E-state index contributed by atoms with van der Waals surface area (Å²) in [5.74, 6) is 0.349. The fourth-order valence-electron chi connectivity index (χ4n) is 4.30. The van der Waals surface area contributed by atoms with E-state index < -0.39 is 15.9 Å². The first-order valence-electron chi connectivity index (χ1n) is 10.3. The molecule has 2 heterocycles. The van der Waals surface area contributed by atoms with Crippen LogP contribution in [0.3, 0.4) is 0 Å². The summed E-state index contributed by atoms with van der Waals surface area (Å²) in [6, 6.07) is 22.4. The molecule has 3 aromatic carbocycles. The van der Waals surface area contributed by atoms with Crippen LogP contribution in [0.5, 0.6) is 11.5 Å². The van der Waals surface area contributed by atoms with Gasteiger partial charge in [0.1, 0.15) is 11.5 Å². The molecule has 0 spiro atoms.